The van der Waals surface area contributed by atoms with Crippen LogP contribution >= 0.6 is 11.8 Å². The molecule has 1 saturated carbocycles. The van der Waals surface area contributed by atoms with Gasteiger partial charge in [-0.2, -0.15) is 0 Å². The van der Waals surface area contributed by atoms with E-state index >= 15 is 0 Å². The van der Waals surface area contributed by atoms with Crippen LogP contribution in [0.4, 0.5) is 0 Å². The molecule has 26 heavy (non-hydrogen) atoms. The first-order valence-corrected chi connectivity index (χ1v) is 10.6. The Bertz CT molecular complexity index is 819. The van der Waals surface area contributed by atoms with Crippen molar-refractivity contribution in [3.63, 3.8) is 0 Å². The Morgan fingerprint density at radius 3 is 2.46 bits per heavy atom. The second-order valence-electron chi connectivity index (χ2n) is 7.56. The molecule has 2 nitrogen and oxygen atoms in total. The van der Waals surface area contributed by atoms with Crippen LogP contribution in [0.25, 0.3) is 6.08 Å². The molecule has 0 spiro atoms. The van der Waals surface area contributed by atoms with Crippen molar-refractivity contribution >= 4 is 23.6 Å². The third-order valence-corrected chi connectivity index (χ3v) is 7.55. The standard InChI is InChI=1S/C23H23NOS/c25-21-14-13-19-18(12-11-16-7-3-1-4-8-16)22(21)20-15-26-23(24(19)20)17-9-5-2-6-10-17/h1-12,18-20,22-23H,13-15H2/b12-11+/t18?,19-,20-,22+,23-/m1/s1. The third-order valence-electron chi connectivity index (χ3n) is 6.19. The fourth-order valence-corrected chi connectivity index (χ4v) is 6.68. The highest BCUT2D eigenvalue weighted by Gasteiger charge is 2.57. The fourth-order valence-electron chi connectivity index (χ4n) is 5.09. The Labute approximate surface area is 159 Å². The summed E-state index contributed by atoms with van der Waals surface area (Å²) in [6.45, 7) is 0. The maximum atomic E-state index is 12.8. The van der Waals surface area contributed by atoms with E-state index in [2.05, 4.69) is 71.6 Å². The zero-order chi connectivity index (χ0) is 17.5. The van der Waals surface area contributed by atoms with E-state index in [0.717, 1.165) is 18.6 Å². The molecule has 132 valence electrons. The van der Waals surface area contributed by atoms with E-state index in [4.69, 9.17) is 0 Å². The minimum Gasteiger partial charge on any atom is -0.299 e. The highest BCUT2D eigenvalue weighted by molar-refractivity contribution is 7.99. The molecule has 1 aliphatic carbocycles. The molecule has 3 aliphatic rings. The Hall–Kier alpha value is -1.84. The van der Waals surface area contributed by atoms with E-state index in [9.17, 15) is 4.79 Å². The Balaban J connectivity index is 1.47. The maximum absolute atomic E-state index is 12.8. The summed E-state index contributed by atoms with van der Waals surface area (Å²) in [5.41, 5.74) is 2.60. The monoisotopic (exact) mass is 361 g/mol. The Morgan fingerprint density at radius 2 is 1.69 bits per heavy atom. The molecule has 2 aromatic carbocycles. The van der Waals surface area contributed by atoms with Crippen molar-refractivity contribution in [1.82, 2.24) is 4.90 Å². The van der Waals surface area contributed by atoms with Gasteiger partial charge in [-0.15, -0.1) is 11.8 Å². The number of Topliss-reactive ketones (excluding diaryl/α,β-unsaturated/α-hetero) is 1. The Morgan fingerprint density at radius 1 is 0.962 bits per heavy atom. The smallest absolute Gasteiger partial charge is 0.138 e. The summed E-state index contributed by atoms with van der Waals surface area (Å²) in [4.78, 5) is 15.5. The van der Waals surface area contributed by atoms with E-state index in [-0.39, 0.29) is 5.92 Å². The van der Waals surface area contributed by atoms with Gasteiger partial charge in [0.05, 0.1) is 5.37 Å². The van der Waals surface area contributed by atoms with Gasteiger partial charge in [0.2, 0.25) is 0 Å². The molecule has 0 N–H and O–H groups in total. The molecule has 2 saturated heterocycles. The van der Waals surface area contributed by atoms with Crippen molar-refractivity contribution in [2.75, 3.05) is 5.75 Å². The van der Waals surface area contributed by atoms with Crippen LogP contribution in [-0.2, 0) is 4.79 Å². The number of hydrogen-bond acceptors (Lipinski definition) is 3. The number of rotatable bonds is 3. The first-order chi connectivity index (χ1) is 12.8. The topological polar surface area (TPSA) is 20.3 Å². The molecule has 2 bridgehead atoms. The summed E-state index contributed by atoms with van der Waals surface area (Å²) < 4.78 is 0. The second kappa shape index (κ2) is 6.71. The fraction of sp³-hybridized carbons (Fsp3) is 0.348. The van der Waals surface area contributed by atoms with Gasteiger partial charge in [-0.3, -0.25) is 9.69 Å². The molecule has 5 atom stereocenters. The highest BCUT2D eigenvalue weighted by Crippen LogP contribution is 2.55. The lowest BCUT2D eigenvalue weighted by Gasteiger charge is -2.32. The van der Waals surface area contributed by atoms with Gasteiger partial charge in [-0.1, -0.05) is 72.8 Å². The number of fused-ring (bicyclic) bond motifs is 5. The quantitative estimate of drug-likeness (QED) is 0.784. The van der Waals surface area contributed by atoms with Gasteiger partial charge < -0.3 is 0 Å². The van der Waals surface area contributed by atoms with Gasteiger partial charge >= 0.3 is 0 Å². The minimum absolute atomic E-state index is 0.176. The van der Waals surface area contributed by atoms with Crippen molar-refractivity contribution in [2.24, 2.45) is 11.8 Å². The molecule has 3 heteroatoms. The number of nitrogens with zero attached hydrogens (tertiary/aromatic N) is 1. The molecular formula is C23H23NOS. The molecule has 0 aromatic heterocycles. The van der Waals surface area contributed by atoms with Crippen LogP contribution in [0.1, 0.15) is 29.3 Å². The van der Waals surface area contributed by atoms with Crippen molar-refractivity contribution in [2.45, 2.75) is 30.3 Å². The molecular weight excluding hydrogens is 338 g/mol. The van der Waals surface area contributed by atoms with Crippen LogP contribution in [-0.4, -0.2) is 28.5 Å². The first-order valence-electron chi connectivity index (χ1n) is 9.53. The average molecular weight is 362 g/mol. The lowest BCUT2D eigenvalue weighted by molar-refractivity contribution is -0.125. The molecule has 0 radical (unpaired) electrons. The van der Waals surface area contributed by atoms with Gasteiger partial charge in [0.1, 0.15) is 5.78 Å². The van der Waals surface area contributed by atoms with Crippen LogP contribution in [0.15, 0.2) is 66.7 Å². The molecule has 1 unspecified atom stereocenters. The summed E-state index contributed by atoms with van der Waals surface area (Å²) in [7, 11) is 0. The highest BCUT2D eigenvalue weighted by atomic mass is 32.2. The normalized spacial score (nSPS) is 33.7. The van der Waals surface area contributed by atoms with Crippen LogP contribution in [0.3, 0.4) is 0 Å². The molecule has 0 amide bonds. The summed E-state index contributed by atoms with van der Waals surface area (Å²) in [6, 6.07) is 22.1. The van der Waals surface area contributed by atoms with E-state index in [1.165, 1.54) is 11.1 Å². The van der Waals surface area contributed by atoms with E-state index in [0.29, 0.717) is 29.2 Å². The number of thioether (sulfide) groups is 1. The zero-order valence-electron chi connectivity index (χ0n) is 14.7. The summed E-state index contributed by atoms with van der Waals surface area (Å²) in [5.74, 6) is 2.08. The number of carbonyl (C=O) groups is 1. The van der Waals surface area contributed by atoms with Crippen LogP contribution in [0, 0.1) is 11.8 Å². The van der Waals surface area contributed by atoms with Crippen molar-refractivity contribution in [3.05, 3.63) is 77.9 Å². The number of ketones is 1. The van der Waals surface area contributed by atoms with Gasteiger partial charge in [-0.05, 0) is 17.5 Å². The second-order valence-corrected chi connectivity index (χ2v) is 8.67. The van der Waals surface area contributed by atoms with Gasteiger partial charge in [0, 0.05) is 36.1 Å². The first kappa shape index (κ1) is 16.3. The number of hydrogen-bond donors (Lipinski definition) is 0. The van der Waals surface area contributed by atoms with E-state index < -0.39 is 0 Å². The minimum atomic E-state index is 0.176. The summed E-state index contributed by atoms with van der Waals surface area (Å²) >= 11 is 2.01. The Kier molecular flexibility index (Phi) is 4.22. The van der Waals surface area contributed by atoms with Gasteiger partial charge in [0.15, 0.2) is 0 Å². The molecule has 2 aromatic rings. The zero-order valence-corrected chi connectivity index (χ0v) is 15.5. The third kappa shape index (κ3) is 2.65. The number of carbonyl (C=O) groups excluding carboxylic acids is 1. The van der Waals surface area contributed by atoms with Crippen LogP contribution < -0.4 is 0 Å². The lowest BCUT2D eigenvalue weighted by atomic mass is 9.76. The van der Waals surface area contributed by atoms with Crippen molar-refractivity contribution < 1.29 is 4.79 Å². The van der Waals surface area contributed by atoms with Crippen molar-refractivity contribution in [1.29, 1.82) is 0 Å². The SMILES string of the molecule is O=C1CC[C@@H]2C(/C=C/c3ccccc3)[C@H]1[C@H]1CS[C@H](c3ccccc3)N21. The molecule has 5 rings (SSSR count). The molecule has 2 heterocycles. The molecule has 3 fully saturated rings. The van der Waals surface area contributed by atoms with Gasteiger partial charge in [0.25, 0.3) is 0 Å². The van der Waals surface area contributed by atoms with E-state index in [1.54, 1.807) is 0 Å². The predicted octanol–water partition coefficient (Wildman–Crippen LogP) is 4.79. The number of benzene rings is 2. The summed E-state index contributed by atoms with van der Waals surface area (Å²) in [5, 5.41) is 0.398. The van der Waals surface area contributed by atoms with Gasteiger partial charge in [-0.25, -0.2) is 0 Å². The predicted molar refractivity (Wildman–Crippen MR) is 108 cm³/mol. The van der Waals surface area contributed by atoms with Crippen LogP contribution in [0.2, 0.25) is 0 Å². The average Bonchev–Trinajstić information content (AvgIpc) is 3.20. The van der Waals surface area contributed by atoms with E-state index in [1.807, 2.05) is 17.8 Å². The lowest BCUT2D eigenvalue weighted by Crippen LogP contribution is -2.35. The van der Waals surface area contributed by atoms with Crippen LogP contribution in [0.5, 0.6) is 0 Å². The largest absolute Gasteiger partial charge is 0.299 e. The summed E-state index contributed by atoms with van der Waals surface area (Å²) in [6.07, 6.45) is 6.30. The molecule has 2 aliphatic heterocycles. The maximum Gasteiger partial charge on any atom is 0.138 e. The van der Waals surface area contributed by atoms with Crippen molar-refractivity contribution in [3.8, 4) is 0 Å².